The van der Waals surface area contributed by atoms with E-state index in [0.717, 1.165) is 0 Å². The number of ether oxygens (including phenoxy) is 1. The van der Waals surface area contributed by atoms with Gasteiger partial charge in [-0.05, 0) is 52.3 Å². The zero-order valence-electron chi connectivity index (χ0n) is 13.8. The van der Waals surface area contributed by atoms with Crippen LogP contribution in [0, 0.1) is 5.82 Å². The van der Waals surface area contributed by atoms with Crippen molar-refractivity contribution in [3.63, 3.8) is 0 Å². The predicted octanol–water partition coefficient (Wildman–Crippen LogP) is 2.92. The molecular formula is C16H25FN2O3. The number of nitrogens with one attached hydrogen (secondary N) is 2. The molecule has 0 heterocycles. The number of hydrogen-bond acceptors (Lipinski definition) is 4. The molecule has 0 spiro atoms. The van der Waals surface area contributed by atoms with Crippen molar-refractivity contribution in [3.8, 4) is 5.75 Å². The lowest BCUT2D eigenvalue weighted by Crippen LogP contribution is -2.51. The first kappa shape index (κ1) is 18.2. The van der Waals surface area contributed by atoms with E-state index in [1.807, 2.05) is 13.8 Å². The molecule has 0 aliphatic heterocycles. The van der Waals surface area contributed by atoms with Crippen LogP contribution in [0.2, 0.25) is 0 Å². The molecular weight excluding hydrogens is 287 g/mol. The van der Waals surface area contributed by atoms with Gasteiger partial charge in [-0.3, -0.25) is 0 Å². The fraction of sp³-hybridized carbons (Fsp3) is 0.562. The number of carbonyl (C=O) groups is 1. The normalized spacial score (nSPS) is 12.1. The van der Waals surface area contributed by atoms with Crippen molar-refractivity contribution in [2.75, 3.05) is 6.54 Å². The average Bonchev–Trinajstić information content (AvgIpc) is 2.30. The molecule has 0 aliphatic carbocycles. The molecule has 0 unspecified atom stereocenters. The number of hydrogen-bond donors (Lipinski definition) is 3. The van der Waals surface area contributed by atoms with Crippen LogP contribution in [0.15, 0.2) is 18.2 Å². The average molecular weight is 312 g/mol. The van der Waals surface area contributed by atoms with Gasteiger partial charge in [0.15, 0.2) is 11.6 Å². The minimum atomic E-state index is -0.648. The lowest BCUT2D eigenvalue weighted by molar-refractivity contribution is 0.0472. The van der Waals surface area contributed by atoms with Gasteiger partial charge >= 0.3 is 6.09 Å². The van der Waals surface area contributed by atoms with Crippen LogP contribution < -0.4 is 10.6 Å². The maximum absolute atomic E-state index is 13.2. The van der Waals surface area contributed by atoms with E-state index in [1.165, 1.54) is 12.1 Å². The number of alkyl carbamates (subject to hydrolysis) is 1. The van der Waals surface area contributed by atoms with E-state index in [9.17, 15) is 9.18 Å². The lowest BCUT2D eigenvalue weighted by Gasteiger charge is -2.29. The molecule has 0 radical (unpaired) electrons. The zero-order chi connectivity index (χ0) is 17.0. The van der Waals surface area contributed by atoms with Gasteiger partial charge in [0.2, 0.25) is 0 Å². The standard InChI is InChI=1S/C16H25FN2O3/c1-15(2,3)22-14(21)19-16(4,5)10-18-9-11-6-7-13(20)12(17)8-11/h6-8,18,20H,9-10H2,1-5H3,(H,19,21). The van der Waals surface area contributed by atoms with E-state index in [-0.39, 0.29) is 5.75 Å². The minimum absolute atomic E-state index is 0.365. The Morgan fingerprint density at radius 1 is 1.27 bits per heavy atom. The highest BCUT2D eigenvalue weighted by Gasteiger charge is 2.24. The van der Waals surface area contributed by atoms with Crippen LogP contribution in [0.25, 0.3) is 0 Å². The Bertz CT molecular complexity index is 525. The number of halogens is 1. The third-order valence-electron chi connectivity index (χ3n) is 2.75. The van der Waals surface area contributed by atoms with E-state index < -0.39 is 23.1 Å². The van der Waals surface area contributed by atoms with E-state index in [0.29, 0.717) is 18.7 Å². The molecule has 1 aromatic carbocycles. The first-order chi connectivity index (χ1) is 9.98. The Morgan fingerprint density at radius 2 is 1.91 bits per heavy atom. The Hall–Kier alpha value is -1.82. The quantitative estimate of drug-likeness (QED) is 0.782. The summed E-state index contributed by atoms with van der Waals surface area (Å²) >= 11 is 0. The van der Waals surface area contributed by atoms with Crippen LogP contribution >= 0.6 is 0 Å². The maximum Gasteiger partial charge on any atom is 0.408 e. The van der Waals surface area contributed by atoms with Crippen molar-refractivity contribution in [3.05, 3.63) is 29.6 Å². The van der Waals surface area contributed by atoms with Crippen LogP contribution in [0.3, 0.4) is 0 Å². The number of amides is 1. The molecule has 1 rings (SSSR count). The maximum atomic E-state index is 13.2. The summed E-state index contributed by atoms with van der Waals surface area (Å²) < 4.78 is 18.4. The van der Waals surface area contributed by atoms with Gasteiger partial charge in [0, 0.05) is 13.1 Å². The fourth-order valence-corrected chi connectivity index (χ4v) is 1.80. The first-order valence-electron chi connectivity index (χ1n) is 7.18. The molecule has 0 fully saturated rings. The van der Waals surface area contributed by atoms with Crippen LogP contribution in [-0.4, -0.2) is 28.9 Å². The van der Waals surface area contributed by atoms with Crippen molar-refractivity contribution < 1.29 is 19.0 Å². The number of aromatic hydroxyl groups is 1. The summed E-state index contributed by atoms with van der Waals surface area (Å²) in [6.45, 7) is 10.0. The van der Waals surface area contributed by atoms with Gasteiger partial charge in [0.1, 0.15) is 5.60 Å². The second kappa shape index (κ2) is 6.96. The Labute approximate surface area is 130 Å². The third-order valence-corrected chi connectivity index (χ3v) is 2.75. The minimum Gasteiger partial charge on any atom is -0.505 e. The van der Waals surface area contributed by atoms with Gasteiger partial charge in [-0.1, -0.05) is 6.07 Å². The van der Waals surface area contributed by atoms with Crippen molar-refractivity contribution in [1.82, 2.24) is 10.6 Å². The highest BCUT2D eigenvalue weighted by atomic mass is 19.1. The molecule has 1 aromatic rings. The number of phenols is 1. The predicted molar refractivity (Wildman–Crippen MR) is 83.2 cm³/mol. The van der Waals surface area contributed by atoms with Gasteiger partial charge in [-0.15, -0.1) is 0 Å². The summed E-state index contributed by atoms with van der Waals surface area (Å²) in [5.41, 5.74) is -0.349. The van der Waals surface area contributed by atoms with Gasteiger partial charge in [0.05, 0.1) is 5.54 Å². The van der Waals surface area contributed by atoms with Gasteiger partial charge in [0.25, 0.3) is 0 Å². The summed E-state index contributed by atoms with van der Waals surface area (Å²) in [6.07, 6.45) is -0.477. The second-order valence-electron chi connectivity index (χ2n) is 6.90. The molecule has 3 N–H and O–H groups in total. The molecule has 0 saturated heterocycles. The highest BCUT2D eigenvalue weighted by Crippen LogP contribution is 2.16. The number of rotatable bonds is 5. The molecule has 1 amide bonds. The Kier molecular flexibility index (Phi) is 5.77. The molecule has 0 saturated carbocycles. The number of benzene rings is 1. The zero-order valence-corrected chi connectivity index (χ0v) is 13.8. The van der Waals surface area contributed by atoms with E-state index in [4.69, 9.17) is 9.84 Å². The van der Waals surface area contributed by atoms with Crippen LogP contribution in [-0.2, 0) is 11.3 Å². The molecule has 5 nitrogen and oxygen atoms in total. The molecule has 0 aromatic heterocycles. The Balaban J connectivity index is 2.45. The number of carbonyl (C=O) groups excluding carboxylic acids is 1. The van der Waals surface area contributed by atoms with Gasteiger partial charge < -0.3 is 20.5 Å². The lowest BCUT2D eigenvalue weighted by atomic mass is 10.1. The summed E-state index contributed by atoms with van der Waals surface area (Å²) in [6, 6.07) is 4.23. The first-order valence-corrected chi connectivity index (χ1v) is 7.18. The van der Waals surface area contributed by atoms with Crippen molar-refractivity contribution in [2.45, 2.75) is 52.3 Å². The Morgan fingerprint density at radius 3 is 2.45 bits per heavy atom. The van der Waals surface area contributed by atoms with Crippen molar-refractivity contribution >= 4 is 6.09 Å². The molecule has 124 valence electrons. The van der Waals surface area contributed by atoms with E-state index in [1.54, 1.807) is 26.8 Å². The van der Waals surface area contributed by atoms with Crippen LogP contribution in [0.4, 0.5) is 9.18 Å². The topological polar surface area (TPSA) is 70.6 Å². The van der Waals surface area contributed by atoms with E-state index in [2.05, 4.69) is 10.6 Å². The van der Waals surface area contributed by atoms with Gasteiger partial charge in [-0.25, -0.2) is 9.18 Å². The van der Waals surface area contributed by atoms with Crippen LogP contribution in [0.1, 0.15) is 40.2 Å². The largest absolute Gasteiger partial charge is 0.505 e. The van der Waals surface area contributed by atoms with Gasteiger partial charge in [-0.2, -0.15) is 0 Å². The van der Waals surface area contributed by atoms with Crippen molar-refractivity contribution in [1.29, 1.82) is 0 Å². The smallest absolute Gasteiger partial charge is 0.408 e. The summed E-state index contributed by atoms with van der Waals surface area (Å²) in [4.78, 5) is 11.8. The summed E-state index contributed by atoms with van der Waals surface area (Å²) in [5, 5.41) is 15.1. The molecule has 0 atom stereocenters. The van der Waals surface area contributed by atoms with E-state index >= 15 is 0 Å². The SMILES string of the molecule is CC(C)(CNCc1ccc(O)c(F)c1)NC(=O)OC(C)(C)C. The monoisotopic (exact) mass is 312 g/mol. The van der Waals surface area contributed by atoms with Crippen molar-refractivity contribution in [2.24, 2.45) is 0 Å². The summed E-state index contributed by atoms with van der Waals surface area (Å²) in [7, 11) is 0. The number of phenolic OH excluding ortho intramolecular Hbond substituents is 1. The molecule has 22 heavy (non-hydrogen) atoms. The molecule has 6 heteroatoms. The third kappa shape index (κ3) is 6.76. The summed E-state index contributed by atoms with van der Waals surface area (Å²) in [5.74, 6) is -1.01. The van der Waals surface area contributed by atoms with Crippen LogP contribution in [0.5, 0.6) is 5.75 Å². The molecule has 0 bridgehead atoms. The second-order valence-corrected chi connectivity index (χ2v) is 6.90. The fourth-order valence-electron chi connectivity index (χ4n) is 1.80. The molecule has 0 aliphatic rings. The highest BCUT2D eigenvalue weighted by molar-refractivity contribution is 5.68.